The molecule has 0 aliphatic carbocycles. The smallest absolute Gasteiger partial charge is 0.274 e. The van der Waals surface area contributed by atoms with Gasteiger partial charge >= 0.3 is 0 Å². The fourth-order valence-electron chi connectivity index (χ4n) is 3.62. The maximum Gasteiger partial charge on any atom is 0.274 e. The molecule has 0 fully saturated rings. The largest absolute Gasteiger partial charge is 0.454 e. The van der Waals surface area contributed by atoms with Crippen molar-refractivity contribution in [2.75, 3.05) is 18.7 Å². The Balaban J connectivity index is 1.22. The van der Waals surface area contributed by atoms with E-state index in [0.717, 1.165) is 23.5 Å². The van der Waals surface area contributed by atoms with Crippen LogP contribution in [0.1, 0.15) is 27.2 Å². The van der Waals surface area contributed by atoms with Gasteiger partial charge in [0.1, 0.15) is 5.82 Å². The van der Waals surface area contributed by atoms with Gasteiger partial charge in [0.15, 0.2) is 17.2 Å². The molecule has 146 valence electrons. The molecule has 0 bridgehead atoms. The lowest BCUT2D eigenvalue weighted by atomic mass is 10.00. The van der Waals surface area contributed by atoms with Gasteiger partial charge in [-0.25, -0.2) is 0 Å². The number of nitrogens with zero attached hydrogens (tertiary/aromatic N) is 3. The molecule has 0 saturated heterocycles. The Hall–Kier alpha value is -3.61. The first-order valence-corrected chi connectivity index (χ1v) is 9.58. The number of carbonyl (C=O) groups excluding carboxylic acids is 1. The van der Waals surface area contributed by atoms with Gasteiger partial charge in [-0.15, -0.1) is 10.2 Å². The minimum atomic E-state index is -0.0886. The minimum Gasteiger partial charge on any atom is -0.454 e. The molecule has 0 saturated carbocycles. The molecular formula is C22H20N4O3. The standard InChI is InChI=1S/C22H20N4O3/c27-22(26-10-9-16-3-1-2-4-17(16)13-26)18-6-8-21(25-24-18)23-12-15-5-7-19-20(11-15)29-14-28-19/h1-8,11H,9-10,12-14H2,(H,23,25). The fraction of sp³-hybridized carbons (Fsp3) is 0.227. The van der Waals surface area contributed by atoms with Crippen molar-refractivity contribution in [3.05, 3.63) is 77.0 Å². The Morgan fingerprint density at radius 1 is 1.00 bits per heavy atom. The third kappa shape index (κ3) is 3.59. The molecule has 1 N–H and O–H groups in total. The van der Waals surface area contributed by atoms with Crippen molar-refractivity contribution < 1.29 is 14.3 Å². The van der Waals surface area contributed by atoms with Gasteiger partial charge in [0.05, 0.1) is 0 Å². The summed E-state index contributed by atoms with van der Waals surface area (Å²) in [6, 6.07) is 17.5. The molecule has 7 heteroatoms. The number of hydrogen-bond acceptors (Lipinski definition) is 6. The van der Waals surface area contributed by atoms with E-state index in [9.17, 15) is 4.79 Å². The highest BCUT2D eigenvalue weighted by Crippen LogP contribution is 2.32. The predicted octanol–water partition coefficient (Wildman–Crippen LogP) is 3.02. The number of amides is 1. The first-order valence-electron chi connectivity index (χ1n) is 9.58. The summed E-state index contributed by atoms with van der Waals surface area (Å²) in [6.45, 7) is 2.14. The molecule has 2 aliphatic heterocycles. The summed E-state index contributed by atoms with van der Waals surface area (Å²) in [4.78, 5) is 14.6. The molecule has 7 nitrogen and oxygen atoms in total. The highest BCUT2D eigenvalue weighted by atomic mass is 16.7. The molecule has 2 aromatic carbocycles. The number of ether oxygens (including phenoxy) is 2. The van der Waals surface area contributed by atoms with E-state index >= 15 is 0 Å². The summed E-state index contributed by atoms with van der Waals surface area (Å²) in [5, 5.41) is 11.5. The monoisotopic (exact) mass is 388 g/mol. The lowest BCUT2D eigenvalue weighted by molar-refractivity contribution is 0.0727. The van der Waals surface area contributed by atoms with Gasteiger partial charge < -0.3 is 19.7 Å². The van der Waals surface area contributed by atoms with E-state index in [-0.39, 0.29) is 12.7 Å². The van der Waals surface area contributed by atoms with Crippen molar-refractivity contribution in [1.29, 1.82) is 0 Å². The summed E-state index contributed by atoms with van der Waals surface area (Å²) in [6.07, 6.45) is 0.866. The van der Waals surface area contributed by atoms with E-state index in [0.29, 0.717) is 31.1 Å². The van der Waals surface area contributed by atoms with E-state index in [4.69, 9.17) is 9.47 Å². The Bertz CT molecular complexity index is 1050. The van der Waals surface area contributed by atoms with E-state index < -0.39 is 0 Å². The minimum absolute atomic E-state index is 0.0886. The van der Waals surface area contributed by atoms with Crippen LogP contribution in [0.15, 0.2) is 54.6 Å². The molecule has 29 heavy (non-hydrogen) atoms. The third-order valence-corrected chi connectivity index (χ3v) is 5.21. The van der Waals surface area contributed by atoms with Crippen molar-refractivity contribution >= 4 is 11.7 Å². The summed E-state index contributed by atoms with van der Waals surface area (Å²) >= 11 is 0. The summed E-state index contributed by atoms with van der Waals surface area (Å²) in [5.41, 5.74) is 3.91. The van der Waals surface area contributed by atoms with Crippen molar-refractivity contribution in [2.45, 2.75) is 19.5 Å². The van der Waals surface area contributed by atoms with Crippen molar-refractivity contribution in [3.63, 3.8) is 0 Å². The molecule has 2 aliphatic rings. The van der Waals surface area contributed by atoms with Crippen LogP contribution < -0.4 is 14.8 Å². The molecule has 0 atom stereocenters. The van der Waals surface area contributed by atoms with Gasteiger partial charge in [-0.2, -0.15) is 0 Å². The van der Waals surface area contributed by atoms with Gasteiger partial charge in [-0.1, -0.05) is 30.3 Å². The van der Waals surface area contributed by atoms with Crippen LogP contribution in [0.3, 0.4) is 0 Å². The summed E-state index contributed by atoms with van der Waals surface area (Å²) in [7, 11) is 0. The van der Waals surface area contributed by atoms with Gasteiger partial charge in [-0.05, 0) is 47.4 Å². The number of benzene rings is 2. The Labute approximate surface area is 168 Å². The van der Waals surface area contributed by atoms with Crippen LogP contribution in [0.4, 0.5) is 5.82 Å². The highest BCUT2D eigenvalue weighted by molar-refractivity contribution is 5.92. The van der Waals surface area contributed by atoms with Gasteiger partial charge in [0, 0.05) is 19.6 Å². The zero-order chi connectivity index (χ0) is 19.6. The van der Waals surface area contributed by atoms with Crippen LogP contribution in [-0.4, -0.2) is 34.3 Å². The molecule has 0 unspecified atom stereocenters. The molecule has 3 aromatic rings. The number of rotatable bonds is 4. The Morgan fingerprint density at radius 2 is 1.86 bits per heavy atom. The average molecular weight is 388 g/mol. The van der Waals surface area contributed by atoms with Crippen LogP contribution >= 0.6 is 0 Å². The number of carbonyl (C=O) groups is 1. The van der Waals surface area contributed by atoms with E-state index in [1.807, 2.05) is 35.2 Å². The molecule has 0 spiro atoms. The molecule has 1 amide bonds. The maximum atomic E-state index is 12.8. The lowest BCUT2D eigenvalue weighted by Crippen LogP contribution is -2.36. The Morgan fingerprint density at radius 3 is 2.72 bits per heavy atom. The van der Waals surface area contributed by atoms with Crippen LogP contribution in [-0.2, 0) is 19.5 Å². The van der Waals surface area contributed by atoms with Crippen molar-refractivity contribution in [1.82, 2.24) is 15.1 Å². The normalized spacial score (nSPS) is 14.4. The quantitative estimate of drug-likeness (QED) is 0.740. The van der Waals surface area contributed by atoms with E-state index in [1.54, 1.807) is 12.1 Å². The topological polar surface area (TPSA) is 76.6 Å². The predicted molar refractivity (Wildman–Crippen MR) is 107 cm³/mol. The number of hydrogen-bond donors (Lipinski definition) is 1. The Kier molecular flexibility index (Phi) is 4.48. The maximum absolute atomic E-state index is 12.8. The molecule has 3 heterocycles. The first kappa shape index (κ1) is 17.5. The second kappa shape index (κ2) is 7.43. The van der Waals surface area contributed by atoms with Gasteiger partial charge in [-0.3, -0.25) is 4.79 Å². The molecular weight excluding hydrogens is 368 g/mol. The SMILES string of the molecule is O=C(c1ccc(NCc2ccc3c(c2)OCO3)nn1)N1CCc2ccccc2C1. The summed E-state index contributed by atoms with van der Waals surface area (Å²) in [5.74, 6) is 2.04. The van der Waals surface area contributed by atoms with Crippen LogP contribution in [0.5, 0.6) is 11.5 Å². The second-order valence-corrected chi connectivity index (χ2v) is 7.09. The molecule has 1 aromatic heterocycles. The number of nitrogens with one attached hydrogen (secondary N) is 1. The number of aromatic nitrogens is 2. The zero-order valence-electron chi connectivity index (χ0n) is 15.8. The van der Waals surface area contributed by atoms with E-state index in [1.165, 1.54) is 11.1 Å². The number of fused-ring (bicyclic) bond motifs is 2. The van der Waals surface area contributed by atoms with E-state index in [2.05, 4.69) is 27.6 Å². The lowest BCUT2D eigenvalue weighted by Gasteiger charge is -2.28. The fourth-order valence-corrected chi connectivity index (χ4v) is 3.62. The van der Waals surface area contributed by atoms with Crippen LogP contribution in [0, 0.1) is 0 Å². The average Bonchev–Trinajstić information content (AvgIpc) is 3.25. The summed E-state index contributed by atoms with van der Waals surface area (Å²) < 4.78 is 10.7. The molecule has 5 rings (SSSR count). The zero-order valence-corrected chi connectivity index (χ0v) is 15.8. The molecule has 0 radical (unpaired) electrons. The van der Waals surface area contributed by atoms with Crippen LogP contribution in [0.25, 0.3) is 0 Å². The highest BCUT2D eigenvalue weighted by Gasteiger charge is 2.22. The van der Waals surface area contributed by atoms with Crippen LogP contribution in [0.2, 0.25) is 0 Å². The van der Waals surface area contributed by atoms with Crippen molar-refractivity contribution in [2.24, 2.45) is 0 Å². The number of anilines is 1. The van der Waals surface area contributed by atoms with Gasteiger partial charge in [0.2, 0.25) is 6.79 Å². The van der Waals surface area contributed by atoms with Gasteiger partial charge in [0.25, 0.3) is 5.91 Å². The first-order chi connectivity index (χ1) is 14.3. The third-order valence-electron chi connectivity index (χ3n) is 5.21. The second-order valence-electron chi connectivity index (χ2n) is 7.09. The van der Waals surface area contributed by atoms with Crippen molar-refractivity contribution in [3.8, 4) is 11.5 Å².